The van der Waals surface area contributed by atoms with E-state index in [0.717, 1.165) is 37.5 Å². The van der Waals surface area contributed by atoms with Gasteiger partial charge in [-0.15, -0.1) is 5.10 Å². The first-order valence-corrected chi connectivity index (χ1v) is 16.7. The molecule has 1 saturated carbocycles. The molecule has 1 aliphatic heterocycles. The van der Waals surface area contributed by atoms with E-state index in [2.05, 4.69) is 30.4 Å². The topological polar surface area (TPSA) is 139 Å². The Bertz CT molecular complexity index is 2130. The van der Waals surface area contributed by atoms with E-state index in [9.17, 15) is 27.9 Å². The van der Waals surface area contributed by atoms with Crippen molar-refractivity contribution in [3.63, 3.8) is 0 Å². The van der Waals surface area contributed by atoms with Crippen molar-refractivity contribution in [2.24, 2.45) is 0 Å². The van der Waals surface area contributed by atoms with Gasteiger partial charge in [0.25, 0.3) is 5.56 Å². The molecule has 0 unspecified atom stereocenters. The van der Waals surface area contributed by atoms with Crippen LogP contribution in [0, 0.1) is 0 Å². The van der Waals surface area contributed by atoms with E-state index in [0.29, 0.717) is 48.7 Å². The van der Waals surface area contributed by atoms with Gasteiger partial charge in [-0.2, -0.15) is 27.8 Å². The summed E-state index contributed by atoms with van der Waals surface area (Å²) in [7, 11) is 0. The zero-order valence-corrected chi connectivity index (χ0v) is 28.0. The van der Waals surface area contributed by atoms with Crippen LogP contribution in [0.4, 0.5) is 30.2 Å². The highest BCUT2D eigenvalue weighted by Crippen LogP contribution is 2.39. The SMILES string of the molecule is CCc1c(N2CCN(c3cnn(C4CCC4)c3O)[C@H](C)C2)c(=O)n2nc(-c3cccnc3)nc2n1CC(=O)Nc1ccc(C(F)(F)F)cc1Cl. The molecule has 1 aromatic carbocycles. The number of alkyl halides is 3. The molecule has 0 radical (unpaired) electrons. The number of anilines is 3. The number of piperazine rings is 1. The minimum Gasteiger partial charge on any atom is -0.492 e. The number of hydrogen-bond donors (Lipinski definition) is 2. The third-order valence-corrected chi connectivity index (χ3v) is 9.69. The maximum absolute atomic E-state index is 14.3. The second-order valence-electron chi connectivity index (χ2n) is 12.5. The van der Waals surface area contributed by atoms with Gasteiger partial charge in [0.2, 0.25) is 17.6 Å². The van der Waals surface area contributed by atoms with Crippen LogP contribution in [-0.2, 0) is 23.9 Å². The van der Waals surface area contributed by atoms with E-state index in [1.807, 2.05) is 18.7 Å². The Kier molecular flexibility index (Phi) is 8.66. The molecule has 5 heterocycles. The molecule has 13 nitrogen and oxygen atoms in total. The number of carbonyl (C=O) groups excluding carboxylic acids is 1. The molecule has 2 aliphatic rings. The average Bonchev–Trinajstić information content (AvgIpc) is 3.67. The normalized spacial score (nSPS) is 17.0. The van der Waals surface area contributed by atoms with E-state index in [1.165, 1.54) is 4.52 Å². The number of amides is 1. The molecule has 1 saturated heterocycles. The standard InChI is InChI=1S/C33H34ClF3N10O3/c1-3-25-28(43-12-13-44(19(2)17-43)26-16-39-46(30(26)49)22-7-4-8-22)31(50)47-32(41-29(42-47)20-6-5-11-38-15-20)45(25)18-27(48)40-24-10-9-21(14-23(24)34)33(35,36)37/h5-6,9-11,14-16,19,22,49H,3-4,7-8,12-13,17-18H2,1-2H3,(H,40,48)/t19-/m1/s1. The number of fused-ring (bicyclic) bond motifs is 1. The van der Waals surface area contributed by atoms with E-state index < -0.39 is 23.2 Å². The predicted octanol–water partition coefficient (Wildman–Crippen LogP) is 5.17. The molecule has 1 aliphatic carbocycles. The molecule has 4 aromatic heterocycles. The molecule has 1 amide bonds. The van der Waals surface area contributed by atoms with Crippen LogP contribution in [0.5, 0.6) is 5.88 Å². The van der Waals surface area contributed by atoms with Gasteiger partial charge in [0.05, 0.1) is 34.2 Å². The molecule has 7 rings (SSSR count). The summed E-state index contributed by atoms with van der Waals surface area (Å²) in [6, 6.07) is 6.22. The zero-order chi connectivity index (χ0) is 35.3. The minimum atomic E-state index is -4.60. The minimum absolute atomic E-state index is 0.00588. The molecule has 262 valence electrons. The van der Waals surface area contributed by atoms with Gasteiger partial charge in [-0.05, 0) is 62.9 Å². The fourth-order valence-corrected chi connectivity index (χ4v) is 6.87. The molecule has 1 atom stereocenters. The number of halogens is 4. The summed E-state index contributed by atoms with van der Waals surface area (Å²) in [6.45, 7) is 4.85. The van der Waals surface area contributed by atoms with Gasteiger partial charge in [0.1, 0.15) is 17.9 Å². The Labute approximate surface area is 288 Å². The first kappa shape index (κ1) is 33.4. The zero-order valence-electron chi connectivity index (χ0n) is 27.2. The summed E-state index contributed by atoms with van der Waals surface area (Å²) in [4.78, 5) is 40.6. The fraction of sp³-hybridized carbons (Fsp3) is 0.394. The molecular weight excluding hydrogens is 677 g/mol. The number of hydrogen-bond acceptors (Lipinski definition) is 9. The Hall–Kier alpha value is -5.12. The summed E-state index contributed by atoms with van der Waals surface area (Å²) in [6.07, 6.45) is 3.66. The number of carbonyl (C=O) groups is 1. The van der Waals surface area contributed by atoms with Crippen molar-refractivity contribution in [1.82, 2.24) is 33.9 Å². The van der Waals surface area contributed by atoms with Crippen LogP contribution >= 0.6 is 11.6 Å². The van der Waals surface area contributed by atoms with Crippen molar-refractivity contribution in [3.05, 3.63) is 75.6 Å². The lowest BCUT2D eigenvalue weighted by atomic mass is 9.93. The van der Waals surface area contributed by atoms with Crippen molar-refractivity contribution < 1.29 is 23.1 Å². The summed E-state index contributed by atoms with van der Waals surface area (Å²) in [5.74, 6) is -0.117. The number of benzene rings is 1. The van der Waals surface area contributed by atoms with Gasteiger partial charge < -0.3 is 24.8 Å². The fourth-order valence-electron chi connectivity index (χ4n) is 6.64. The lowest BCUT2D eigenvalue weighted by Crippen LogP contribution is -2.54. The largest absolute Gasteiger partial charge is 0.492 e. The highest BCUT2D eigenvalue weighted by atomic mass is 35.5. The average molecular weight is 711 g/mol. The van der Waals surface area contributed by atoms with Crippen molar-refractivity contribution in [1.29, 1.82) is 0 Å². The predicted molar refractivity (Wildman–Crippen MR) is 181 cm³/mol. The highest BCUT2D eigenvalue weighted by molar-refractivity contribution is 6.33. The second kappa shape index (κ2) is 13.0. The summed E-state index contributed by atoms with van der Waals surface area (Å²) >= 11 is 6.13. The van der Waals surface area contributed by atoms with Gasteiger partial charge in [-0.3, -0.25) is 14.6 Å². The lowest BCUT2D eigenvalue weighted by Gasteiger charge is -2.42. The van der Waals surface area contributed by atoms with Gasteiger partial charge in [-0.25, -0.2) is 4.68 Å². The van der Waals surface area contributed by atoms with Crippen LogP contribution in [0.15, 0.2) is 53.7 Å². The Balaban J connectivity index is 1.24. The van der Waals surface area contributed by atoms with E-state index >= 15 is 0 Å². The molecular formula is C33H34ClF3N10O3. The van der Waals surface area contributed by atoms with E-state index in [1.54, 1.807) is 40.0 Å². The maximum atomic E-state index is 14.3. The number of nitrogens with one attached hydrogen (secondary N) is 1. The van der Waals surface area contributed by atoms with Crippen LogP contribution in [0.2, 0.25) is 5.02 Å². The molecule has 0 bridgehead atoms. The van der Waals surface area contributed by atoms with Gasteiger partial charge in [-0.1, -0.05) is 18.5 Å². The molecule has 50 heavy (non-hydrogen) atoms. The molecule has 17 heteroatoms. The van der Waals surface area contributed by atoms with Crippen LogP contribution in [0.3, 0.4) is 0 Å². The number of aromatic hydroxyl groups is 1. The second-order valence-corrected chi connectivity index (χ2v) is 12.9. The number of aromatic nitrogens is 7. The highest BCUT2D eigenvalue weighted by Gasteiger charge is 2.34. The third kappa shape index (κ3) is 6.01. The Morgan fingerprint density at radius 1 is 1.16 bits per heavy atom. The molecule has 5 aromatic rings. The summed E-state index contributed by atoms with van der Waals surface area (Å²) in [5, 5.41) is 22.3. The van der Waals surface area contributed by atoms with Crippen LogP contribution in [-0.4, -0.2) is 70.6 Å². The monoisotopic (exact) mass is 710 g/mol. The Morgan fingerprint density at radius 3 is 2.60 bits per heavy atom. The van der Waals surface area contributed by atoms with Crippen LogP contribution < -0.4 is 20.7 Å². The quantitative estimate of drug-likeness (QED) is 0.223. The number of nitrogens with zero attached hydrogens (tertiary/aromatic N) is 9. The summed E-state index contributed by atoms with van der Waals surface area (Å²) < 4.78 is 44.1. The van der Waals surface area contributed by atoms with E-state index in [4.69, 9.17) is 11.6 Å². The Morgan fingerprint density at radius 2 is 1.96 bits per heavy atom. The van der Waals surface area contributed by atoms with E-state index in [-0.39, 0.29) is 46.8 Å². The first-order chi connectivity index (χ1) is 23.9. The third-order valence-electron chi connectivity index (χ3n) is 9.38. The van der Waals surface area contributed by atoms with Gasteiger partial charge in [0.15, 0.2) is 5.82 Å². The first-order valence-electron chi connectivity index (χ1n) is 16.3. The lowest BCUT2D eigenvalue weighted by molar-refractivity contribution is -0.137. The van der Waals surface area contributed by atoms with Gasteiger partial charge in [0, 0.05) is 43.6 Å². The molecule has 0 spiro atoms. The maximum Gasteiger partial charge on any atom is 0.416 e. The molecule has 2 N–H and O–H groups in total. The summed E-state index contributed by atoms with van der Waals surface area (Å²) in [5.41, 5.74) is 0.737. The van der Waals surface area contributed by atoms with Crippen LogP contribution in [0.25, 0.3) is 17.2 Å². The smallest absolute Gasteiger partial charge is 0.416 e. The number of rotatable bonds is 8. The van der Waals surface area contributed by atoms with Crippen molar-refractivity contribution >= 4 is 40.3 Å². The van der Waals surface area contributed by atoms with Crippen LogP contribution in [0.1, 0.15) is 50.4 Å². The number of pyridine rings is 1. The molecule has 2 fully saturated rings. The van der Waals surface area contributed by atoms with Crippen molar-refractivity contribution in [2.45, 2.75) is 64.3 Å². The van der Waals surface area contributed by atoms with Gasteiger partial charge >= 0.3 is 6.18 Å². The van der Waals surface area contributed by atoms with Crippen molar-refractivity contribution in [3.8, 4) is 17.3 Å². The van der Waals surface area contributed by atoms with Crippen molar-refractivity contribution in [2.75, 3.05) is 34.8 Å².